The molecule has 0 amide bonds. The fourth-order valence-electron chi connectivity index (χ4n) is 0.882. The Hall–Kier alpha value is -1.72. The van der Waals surface area contributed by atoms with Crippen molar-refractivity contribution in [3.8, 4) is 0 Å². The van der Waals surface area contributed by atoms with Gasteiger partial charge in [-0.1, -0.05) is 0 Å². The van der Waals surface area contributed by atoms with Crippen molar-refractivity contribution >= 4 is 11.9 Å². The number of aliphatic carboxylic acids is 2. The van der Waals surface area contributed by atoms with Crippen molar-refractivity contribution in [3.05, 3.63) is 12.5 Å². The molecule has 6 nitrogen and oxygen atoms in total. The molecule has 0 spiro atoms. The largest absolute Gasteiger partial charge is 0.481 e. The van der Waals surface area contributed by atoms with Gasteiger partial charge in [0.2, 0.25) is 6.29 Å². The monoisotopic (exact) mass is 188 g/mol. The molecule has 0 saturated heterocycles. The lowest BCUT2D eigenvalue weighted by Gasteiger charge is -2.12. The van der Waals surface area contributed by atoms with Crippen LogP contribution >= 0.6 is 0 Å². The van der Waals surface area contributed by atoms with E-state index in [9.17, 15) is 9.59 Å². The average molecular weight is 188 g/mol. The molecule has 1 aliphatic heterocycles. The molecule has 72 valence electrons. The van der Waals surface area contributed by atoms with Crippen molar-refractivity contribution in [2.75, 3.05) is 0 Å². The van der Waals surface area contributed by atoms with Crippen molar-refractivity contribution < 1.29 is 29.3 Å². The van der Waals surface area contributed by atoms with Gasteiger partial charge < -0.3 is 19.7 Å². The molecule has 0 fully saturated rings. The van der Waals surface area contributed by atoms with Crippen LogP contribution in [0.1, 0.15) is 6.42 Å². The summed E-state index contributed by atoms with van der Waals surface area (Å²) >= 11 is 0. The molecule has 0 bridgehead atoms. The van der Waals surface area contributed by atoms with Gasteiger partial charge in [-0.3, -0.25) is 9.59 Å². The number of hydrogen-bond acceptors (Lipinski definition) is 4. The van der Waals surface area contributed by atoms with Crippen LogP contribution in [-0.2, 0) is 19.1 Å². The Morgan fingerprint density at radius 1 is 1.23 bits per heavy atom. The van der Waals surface area contributed by atoms with Crippen molar-refractivity contribution in [3.63, 3.8) is 0 Å². The van der Waals surface area contributed by atoms with Gasteiger partial charge in [0.15, 0.2) is 5.92 Å². The van der Waals surface area contributed by atoms with E-state index in [4.69, 9.17) is 19.7 Å². The highest BCUT2D eigenvalue weighted by molar-refractivity contribution is 5.92. The minimum Gasteiger partial charge on any atom is -0.481 e. The number of hydrogen-bond donors (Lipinski definition) is 2. The molecule has 13 heavy (non-hydrogen) atoms. The van der Waals surface area contributed by atoms with E-state index in [1.165, 1.54) is 12.5 Å². The molecule has 0 saturated carbocycles. The van der Waals surface area contributed by atoms with Gasteiger partial charge in [0.05, 0.1) is 0 Å². The van der Waals surface area contributed by atoms with Crippen LogP contribution in [-0.4, -0.2) is 28.4 Å². The van der Waals surface area contributed by atoms with E-state index >= 15 is 0 Å². The third kappa shape index (κ3) is 2.36. The van der Waals surface area contributed by atoms with E-state index in [0.29, 0.717) is 0 Å². The first-order valence-corrected chi connectivity index (χ1v) is 3.53. The Morgan fingerprint density at radius 3 is 2.08 bits per heavy atom. The predicted molar refractivity (Wildman–Crippen MR) is 38.5 cm³/mol. The second-order valence-corrected chi connectivity index (χ2v) is 2.44. The fraction of sp³-hybridized carbons (Fsp3) is 0.429. The first kappa shape index (κ1) is 9.37. The van der Waals surface area contributed by atoms with Crippen LogP contribution in [0.3, 0.4) is 0 Å². The maximum Gasteiger partial charge on any atom is 0.318 e. The average Bonchev–Trinajstić information content (AvgIpc) is 2.50. The summed E-state index contributed by atoms with van der Waals surface area (Å²) in [5.41, 5.74) is 0. The second kappa shape index (κ2) is 3.79. The molecule has 0 aromatic carbocycles. The summed E-state index contributed by atoms with van der Waals surface area (Å²) in [7, 11) is 0. The maximum absolute atomic E-state index is 10.4. The normalized spacial score (nSPS) is 15.5. The molecular weight excluding hydrogens is 180 g/mol. The summed E-state index contributed by atoms with van der Waals surface area (Å²) in [6.45, 7) is 0. The number of rotatable bonds is 4. The summed E-state index contributed by atoms with van der Waals surface area (Å²) in [6, 6.07) is 0. The van der Waals surface area contributed by atoms with Crippen molar-refractivity contribution in [2.24, 2.45) is 5.92 Å². The lowest BCUT2D eigenvalue weighted by Crippen LogP contribution is -2.28. The molecule has 2 N–H and O–H groups in total. The maximum atomic E-state index is 10.4. The number of carboxylic acids is 2. The highest BCUT2D eigenvalue weighted by Gasteiger charge is 2.31. The minimum absolute atomic E-state index is 0.211. The van der Waals surface area contributed by atoms with E-state index in [2.05, 4.69) is 0 Å². The van der Waals surface area contributed by atoms with E-state index in [-0.39, 0.29) is 6.42 Å². The van der Waals surface area contributed by atoms with Gasteiger partial charge >= 0.3 is 11.9 Å². The van der Waals surface area contributed by atoms with Crippen LogP contribution in [0.15, 0.2) is 12.5 Å². The fourth-order valence-corrected chi connectivity index (χ4v) is 0.882. The Labute approximate surface area is 73.4 Å². The summed E-state index contributed by atoms with van der Waals surface area (Å²) in [4.78, 5) is 20.8. The molecule has 0 radical (unpaired) electrons. The van der Waals surface area contributed by atoms with Gasteiger partial charge in [0.25, 0.3) is 0 Å². The van der Waals surface area contributed by atoms with Gasteiger partial charge in [-0.05, 0) is 0 Å². The summed E-state index contributed by atoms with van der Waals surface area (Å²) in [6.07, 6.45) is 1.46. The van der Waals surface area contributed by atoms with Crippen molar-refractivity contribution in [2.45, 2.75) is 12.7 Å². The minimum atomic E-state index is -1.50. The topological polar surface area (TPSA) is 93.1 Å². The van der Waals surface area contributed by atoms with Crippen molar-refractivity contribution in [1.82, 2.24) is 0 Å². The molecule has 0 unspecified atom stereocenters. The summed E-state index contributed by atoms with van der Waals surface area (Å²) in [5, 5.41) is 17.0. The molecule has 0 aromatic heterocycles. The van der Waals surface area contributed by atoms with Crippen LogP contribution in [0.25, 0.3) is 0 Å². The standard InChI is InChI=1S/C7H8O6/c8-6(9)4(7(10)11)3-5-12-1-2-13-5/h1-2,4-5H,3H2,(H,8,9)(H,10,11). The zero-order valence-electron chi connectivity index (χ0n) is 6.54. The molecule has 1 heterocycles. The second-order valence-electron chi connectivity index (χ2n) is 2.44. The zero-order valence-corrected chi connectivity index (χ0v) is 6.54. The van der Waals surface area contributed by atoms with Crippen LogP contribution in [0, 0.1) is 5.92 Å². The Kier molecular flexibility index (Phi) is 2.73. The van der Waals surface area contributed by atoms with Gasteiger partial charge in [-0.2, -0.15) is 0 Å². The zero-order chi connectivity index (χ0) is 9.84. The number of carbonyl (C=O) groups is 2. The molecular formula is C7H8O6. The van der Waals surface area contributed by atoms with Gasteiger partial charge in [-0.25, -0.2) is 0 Å². The van der Waals surface area contributed by atoms with Crippen molar-refractivity contribution in [1.29, 1.82) is 0 Å². The van der Waals surface area contributed by atoms with Gasteiger partial charge in [0, 0.05) is 6.42 Å². The summed E-state index contributed by atoms with van der Waals surface area (Å²) in [5.74, 6) is -4.29. The van der Waals surface area contributed by atoms with Crippen LogP contribution in [0.2, 0.25) is 0 Å². The first-order chi connectivity index (χ1) is 6.11. The highest BCUT2D eigenvalue weighted by atomic mass is 16.7. The molecule has 0 aliphatic carbocycles. The lowest BCUT2D eigenvalue weighted by atomic mass is 10.1. The Morgan fingerprint density at radius 2 is 1.69 bits per heavy atom. The molecule has 1 rings (SSSR count). The lowest BCUT2D eigenvalue weighted by molar-refractivity contribution is -0.158. The summed E-state index contributed by atoms with van der Waals surface area (Å²) < 4.78 is 9.51. The highest BCUT2D eigenvalue weighted by Crippen LogP contribution is 2.15. The van der Waals surface area contributed by atoms with Crippen LogP contribution < -0.4 is 0 Å². The van der Waals surface area contributed by atoms with E-state index in [1.54, 1.807) is 0 Å². The molecule has 1 aliphatic rings. The molecule has 0 atom stereocenters. The Bertz CT molecular complexity index is 223. The molecule has 6 heteroatoms. The van der Waals surface area contributed by atoms with Crippen LogP contribution in [0.4, 0.5) is 0 Å². The number of ether oxygens (including phenoxy) is 2. The first-order valence-electron chi connectivity index (χ1n) is 3.53. The smallest absolute Gasteiger partial charge is 0.318 e. The van der Waals surface area contributed by atoms with Crippen LogP contribution in [0.5, 0.6) is 0 Å². The Balaban J connectivity index is 2.47. The third-order valence-corrected chi connectivity index (χ3v) is 1.54. The van der Waals surface area contributed by atoms with E-state index in [1.807, 2.05) is 0 Å². The quantitative estimate of drug-likeness (QED) is 0.603. The van der Waals surface area contributed by atoms with E-state index < -0.39 is 24.1 Å². The van der Waals surface area contributed by atoms with Gasteiger partial charge in [0.1, 0.15) is 12.5 Å². The van der Waals surface area contributed by atoms with Gasteiger partial charge in [-0.15, -0.1) is 0 Å². The SMILES string of the molecule is O=C(O)C(CC1OC=CO1)C(=O)O. The molecule has 0 aromatic rings. The third-order valence-electron chi connectivity index (χ3n) is 1.54. The van der Waals surface area contributed by atoms with E-state index in [0.717, 1.165) is 0 Å². The predicted octanol–water partition coefficient (Wildman–Crippen LogP) is 0.00600. The number of carboxylic acid groups (broad SMARTS) is 2.